The lowest BCUT2D eigenvalue weighted by Crippen LogP contribution is -2.18. The van der Waals surface area contributed by atoms with Crippen molar-refractivity contribution in [2.24, 2.45) is 0 Å². The zero-order valence-electron chi connectivity index (χ0n) is 16.5. The molecule has 0 fully saturated rings. The van der Waals surface area contributed by atoms with Crippen LogP contribution in [-0.2, 0) is 12.7 Å². The van der Waals surface area contributed by atoms with Crippen LogP contribution in [0.4, 0.5) is 17.6 Å². The molecule has 11 heteroatoms. The van der Waals surface area contributed by atoms with Crippen molar-refractivity contribution in [3.8, 4) is 28.4 Å². The molecule has 0 amide bonds. The van der Waals surface area contributed by atoms with Crippen LogP contribution in [0.1, 0.15) is 23.6 Å². The van der Waals surface area contributed by atoms with Crippen LogP contribution in [0.5, 0.6) is 5.75 Å². The van der Waals surface area contributed by atoms with E-state index < -0.39 is 11.9 Å². The summed E-state index contributed by atoms with van der Waals surface area (Å²) in [6.07, 6.45) is 0.871. The Morgan fingerprint density at radius 2 is 1.97 bits per heavy atom. The average Bonchev–Trinajstić information content (AvgIpc) is 3.44. The number of H-pyrrole nitrogens is 1. The number of nitrogens with zero attached hydrogens (tertiary/aromatic N) is 5. The SMILES string of the molecule is Fc1ccc2c(c1)[C@@H](Cn1cnc(-c3cc(-c4n[nH]nc4C(F)(F)F)ccn3)c1)CCO2. The standard InChI is InChI=1S/C21H16F4N6O/c22-14-1-2-18-15(8-14)13(4-6-32-18)9-31-10-17(27-11-31)16-7-12(3-5-26-16)19-20(21(23,24)25)29-30-28-19/h1-3,5,7-8,10-11,13H,4,6,9H2,(H,28,29,30)/t13-/m1/s1. The smallest absolute Gasteiger partial charge is 0.437 e. The molecule has 32 heavy (non-hydrogen) atoms. The fraction of sp³-hybridized carbons (Fsp3) is 0.238. The van der Waals surface area contributed by atoms with Gasteiger partial charge in [0.05, 0.1) is 18.6 Å². The Kier molecular flexibility index (Phi) is 4.87. The molecule has 0 saturated heterocycles. The molecule has 1 aromatic carbocycles. The number of halogens is 4. The number of nitrogens with one attached hydrogen (secondary N) is 1. The van der Waals surface area contributed by atoms with Gasteiger partial charge in [-0.1, -0.05) is 0 Å². The van der Waals surface area contributed by atoms with Crippen molar-refractivity contribution >= 4 is 0 Å². The van der Waals surface area contributed by atoms with E-state index in [2.05, 4.69) is 20.2 Å². The van der Waals surface area contributed by atoms with Crippen LogP contribution >= 0.6 is 0 Å². The molecule has 164 valence electrons. The second-order valence-corrected chi connectivity index (χ2v) is 7.42. The van der Waals surface area contributed by atoms with Crippen LogP contribution in [0.15, 0.2) is 49.1 Å². The molecule has 1 atom stereocenters. The Hall–Kier alpha value is -3.76. The van der Waals surface area contributed by atoms with Crippen molar-refractivity contribution in [3.63, 3.8) is 0 Å². The summed E-state index contributed by atoms with van der Waals surface area (Å²) < 4.78 is 60.7. The molecule has 0 saturated carbocycles. The van der Waals surface area contributed by atoms with Crippen LogP contribution in [0.3, 0.4) is 0 Å². The average molecular weight is 444 g/mol. The molecule has 7 nitrogen and oxygen atoms in total. The number of aromatic nitrogens is 6. The van der Waals surface area contributed by atoms with E-state index in [9.17, 15) is 17.6 Å². The second kappa shape index (κ2) is 7.74. The van der Waals surface area contributed by atoms with Gasteiger partial charge < -0.3 is 9.30 Å². The van der Waals surface area contributed by atoms with Gasteiger partial charge in [0.15, 0.2) is 5.69 Å². The summed E-state index contributed by atoms with van der Waals surface area (Å²) >= 11 is 0. The van der Waals surface area contributed by atoms with Gasteiger partial charge in [-0.15, -0.1) is 0 Å². The zero-order valence-corrected chi connectivity index (χ0v) is 16.5. The third-order valence-corrected chi connectivity index (χ3v) is 5.31. The van der Waals surface area contributed by atoms with Crippen LogP contribution < -0.4 is 4.74 Å². The third-order valence-electron chi connectivity index (χ3n) is 5.31. The maximum absolute atomic E-state index is 13.7. The summed E-state index contributed by atoms with van der Waals surface area (Å²) in [5, 5.41) is 8.90. The van der Waals surface area contributed by atoms with E-state index in [1.807, 2.05) is 9.78 Å². The Bertz CT molecular complexity index is 1270. The van der Waals surface area contributed by atoms with Gasteiger partial charge in [-0.25, -0.2) is 9.37 Å². The minimum atomic E-state index is -4.63. The predicted molar refractivity (Wildman–Crippen MR) is 105 cm³/mol. The number of alkyl halides is 3. The molecule has 1 aliphatic heterocycles. The monoisotopic (exact) mass is 444 g/mol. The lowest BCUT2D eigenvalue weighted by Gasteiger charge is -2.26. The Morgan fingerprint density at radius 1 is 1.09 bits per heavy atom. The van der Waals surface area contributed by atoms with Crippen molar-refractivity contribution in [1.29, 1.82) is 0 Å². The van der Waals surface area contributed by atoms with Gasteiger partial charge in [-0.2, -0.15) is 28.6 Å². The molecule has 0 spiro atoms. The van der Waals surface area contributed by atoms with Crippen molar-refractivity contribution in [2.45, 2.75) is 25.1 Å². The number of pyridine rings is 1. The number of aromatic amines is 1. The molecule has 0 radical (unpaired) electrons. The number of fused-ring (bicyclic) bond motifs is 1. The maximum Gasteiger partial charge on any atom is 0.437 e. The highest BCUT2D eigenvalue weighted by Crippen LogP contribution is 2.36. The first-order valence-corrected chi connectivity index (χ1v) is 9.77. The largest absolute Gasteiger partial charge is 0.493 e. The van der Waals surface area contributed by atoms with Gasteiger partial charge in [-0.05, 0) is 36.8 Å². The number of benzene rings is 1. The summed E-state index contributed by atoms with van der Waals surface area (Å²) in [5.74, 6) is 0.392. The molecule has 0 unspecified atom stereocenters. The van der Waals surface area contributed by atoms with Gasteiger partial charge in [0.2, 0.25) is 0 Å². The molecule has 1 aliphatic rings. The quantitative estimate of drug-likeness (QED) is 0.470. The lowest BCUT2D eigenvalue weighted by molar-refractivity contribution is -0.140. The first kappa shape index (κ1) is 20.2. The zero-order chi connectivity index (χ0) is 22.3. The molecule has 3 aromatic heterocycles. The predicted octanol–water partition coefficient (Wildman–Crippen LogP) is 4.45. The number of hydrogen-bond donors (Lipinski definition) is 1. The molecule has 0 bridgehead atoms. The van der Waals surface area contributed by atoms with Crippen molar-refractivity contribution in [1.82, 2.24) is 29.9 Å². The molecule has 1 N–H and O–H groups in total. The van der Waals surface area contributed by atoms with Gasteiger partial charge >= 0.3 is 6.18 Å². The highest BCUT2D eigenvalue weighted by Gasteiger charge is 2.38. The summed E-state index contributed by atoms with van der Waals surface area (Å²) in [6, 6.07) is 7.40. The van der Waals surface area contributed by atoms with E-state index in [1.165, 1.54) is 30.5 Å². The van der Waals surface area contributed by atoms with Gasteiger partial charge in [0.25, 0.3) is 0 Å². The summed E-state index contributed by atoms with van der Waals surface area (Å²) in [7, 11) is 0. The summed E-state index contributed by atoms with van der Waals surface area (Å²) in [4.78, 5) is 8.58. The molecule has 0 aliphatic carbocycles. The Balaban J connectivity index is 1.40. The van der Waals surface area contributed by atoms with Crippen LogP contribution in [-0.4, -0.2) is 36.6 Å². The highest BCUT2D eigenvalue weighted by molar-refractivity contribution is 5.67. The van der Waals surface area contributed by atoms with Gasteiger partial charge in [0, 0.05) is 36.0 Å². The number of ether oxygens (including phenoxy) is 1. The number of hydrogen-bond acceptors (Lipinski definition) is 5. The minimum Gasteiger partial charge on any atom is -0.493 e. The van der Waals surface area contributed by atoms with E-state index in [0.29, 0.717) is 30.3 Å². The molecule has 5 rings (SSSR count). The fourth-order valence-corrected chi connectivity index (χ4v) is 3.82. The lowest BCUT2D eigenvalue weighted by atomic mass is 9.93. The minimum absolute atomic E-state index is 0.0419. The van der Waals surface area contributed by atoms with Crippen molar-refractivity contribution < 1.29 is 22.3 Å². The van der Waals surface area contributed by atoms with Gasteiger partial charge in [0.1, 0.15) is 23.0 Å². The van der Waals surface area contributed by atoms with Crippen LogP contribution in [0.25, 0.3) is 22.6 Å². The van der Waals surface area contributed by atoms with E-state index >= 15 is 0 Å². The number of rotatable bonds is 4. The highest BCUT2D eigenvalue weighted by atomic mass is 19.4. The maximum atomic E-state index is 13.7. The Morgan fingerprint density at radius 3 is 2.81 bits per heavy atom. The third kappa shape index (κ3) is 3.81. The van der Waals surface area contributed by atoms with E-state index in [1.54, 1.807) is 18.6 Å². The summed E-state index contributed by atoms with van der Waals surface area (Å²) in [5.41, 5.74) is 0.523. The van der Waals surface area contributed by atoms with E-state index in [-0.39, 0.29) is 23.0 Å². The van der Waals surface area contributed by atoms with Crippen molar-refractivity contribution in [3.05, 3.63) is 66.1 Å². The first-order chi connectivity index (χ1) is 15.4. The molecule has 4 heterocycles. The normalized spacial score (nSPS) is 15.9. The molecular formula is C21H16F4N6O. The van der Waals surface area contributed by atoms with Gasteiger partial charge in [-0.3, -0.25) is 4.98 Å². The summed E-state index contributed by atoms with van der Waals surface area (Å²) in [6.45, 7) is 1.09. The van der Waals surface area contributed by atoms with Crippen molar-refractivity contribution in [2.75, 3.05) is 6.61 Å². The van der Waals surface area contributed by atoms with E-state index in [4.69, 9.17) is 4.74 Å². The second-order valence-electron chi connectivity index (χ2n) is 7.42. The Labute approximate surface area is 179 Å². The topological polar surface area (TPSA) is 81.5 Å². The fourth-order valence-electron chi connectivity index (χ4n) is 3.82. The number of imidazole rings is 1. The van der Waals surface area contributed by atoms with Crippen LogP contribution in [0, 0.1) is 5.82 Å². The molecular weight excluding hydrogens is 428 g/mol. The first-order valence-electron chi connectivity index (χ1n) is 9.77. The van der Waals surface area contributed by atoms with Crippen LogP contribution in [0.2, 0.25) is 0 Å². The molecule has 4 aromatic rings. The van der Waals surface area contributed by atoms with E-state index in [0.717, 1.165) is 12.0 Å².